The standard InChI is InChI=1S/C14H14N2O5/c1-14(2,13(20)21)6-10(17)15-7-3-4-8-9(5-7)12(19)16-11(8)18/h3-5H,6H2,1-2H3,(H,15,17)(H,20,21)(H,16,18,19). The van der Waals surface area contributed by atoms with E-state index in [1.807, 2.05) is 0 Å². The largest absolute Gasteiger partial charge is 0.481 e. The molecule has 21 heavy (non-hydrogen) atoms. The summed E-state index contributed by atoms with van der Waals surface area (Å²) in [5, 5.41) is 13.6. The van der Waals surface area contributed by atoms with Crippen molar-refractivity contribution in [2.45, 2.75) is 20.3 Å². The first-order valence-electron chi connectivity index (χ1n) is 6.24. The molecular formula is C14H14N2O5. The van der Waals surface area contributed by atoms with E-state index < -0.39 is 29.1 Å². The Bertz CT molecular complexity index is 663. The Labute approximate surface area is 120 Å². The molecular weight excluding hydrogens is 276 g/mol. The van der Waals surface area contributed by atoms with Crippen LogP contribution in [0.15, 0.2) is 18.2 Å². The van der Waals surface area contributed by atoms with E-state index in [9.17, 15) is 19.2 Å². The number of nitrogens with one attached hydrogen (secondary N) is 2. The van der Waals surface area contributed by atoms with Gasteiger partial charge < -0.3 is 10.4 Å². The molecule has 0 spiro atoms. The lowest BCUT2D eigenvalue weighted by Gasteiger charge is -2.18. The average molecular weight is 290 g/mol. The summed E-state index contributed by atoms with van der Waals surface area (Å²) < 4.78 is 0. The minimum atomic E-state index is -1.19. The number of imide groups is 1. The van der Waals surface area contributed by atoms with Crippen molar-refractivity contribution in [2.24, 2.45) is 5.41 Å². The predicted octanol–water partition coefficient (Wildman–Crippen LogP) is 1.01. The second kappa shape index (κ2) is 5.01. The van der Waals surface area contributed by atoms with Crippen LogP contribution in [0.4, 0.5) is 5.69 Å². The van der Waals surface area contributed by atoms with Crippen LogP contribution in [-0.4, -0.2) is 28.8 Å². The van der Waals surface area contributed by atoms with E-state index in [0.717, 1.165) is 0 Å². The highest BCUT2D eigenvalue weighted by Gasteiger charge is 2.31. The van der Waals surface area contributed by atoms with Gasteiger partial charge >= 0.3 is 5.97 Å². The van der Waals surface area contributed by atoms with Gasteiger partial charge in [-0.2, -0.15) is 0 Å². The molecule has 110 valence electrons. The third kappa shape index (κ3) is 2.91. The van der Waals surface area contributed by atoms with Crippen LogP contribution in [0.2, 0.25) is 0 Å². The molecule has 0 saturated heterocycles. The van der Waals surface area contributed by atoms with Gasteiger partial charge in [0.2, 0.25) is 5.91 Å². The zero-order valence-electron chi connectivity index (χ0n) is 11.5. The topological polar surface area (TPSA) is 113 Å². The van der Waals surface area contributed by atoms with Gasteiger partial charge in [0.05, 0.1) is 16.5 Å². The molecule has 3 N–H and O–H groups in total. The Morgan fingerprint density at radius 1 is 1.19 bits per heavy atom. The Morgan fingerprint density at radius 2 is 1.81 bits per heavy atom. The smallest absolute Gasteiger partial charge is 0.309 e. The number of carboxylic acids is 1. The molecule has 0 aliphatic carbocycles. The van der Waals surface area contributed by atoms with Crippen LogP contribution in [0.3, 0.4) is 0 Å². The Kier molecular flexibility index (Phi) is 3.51. The van der Waals surface area contributed by atoms with Gasteiger partial charge in [0, 0.05) is 12.1 Å². The van der Waals surface area contributed by atoms with E-state index >= 15 is 0 Å². The molecule has 0 bridgehead atoms. The number of amides is 3. The number of carbonyl (C=O) groups excluding carboxylic acids is 3. The van der Waals surface area contributed by atoms with E-state index in [4.69, 9.17) is 5.11 Å². The molecule has 1 aliphatic heterocycles. The minimum Gasteiger partial charge on any atom is -0.481 e. The first-order valence-corrected chi connectivity index (χ1v) is 6.24. The zero-order chi connectivity index (χ0) is 15.8. The lowest BCUT2D eigenvalue weighted by molar-refractivity contribution is -0.148. The monoisotopic (exact) mass is 290 g/mol. The van der Waals surface area contributed by atoms with Crippen molar-refractivity contribution < 1.29 is 24.3 Å². The Hall–Kier alpha value is -2.70. The minimum absolute atomic E-state index is 0.190. The van der Waals surface area contributed by atoms with Crippen molar-refractivity contribution in [1.29, 1.82) is 0 Å². The molecule has 1 aromatic rings. The highest BCUT2D eigenvalue weighted by Crippen LogP contribution is 2.23. The normalized spacial score (nSPS) is 13.6. The maximum absolute atomic E-state index is 11.8. The number of hydrogen-bond acceptors (Lipinski definition) is 4. The summed E-state index contributed by atoms with van der Waals surface area (Å²) in [6, 6.07) is 4.32. The van der Waals surface area contributed by atoms with Gasteiger partial charge in [-0.1, -0.05) is 0 Å². The highest BCUT2D eigenvalue weighted by molar-refractivity contribution is 6.22. The number of hydrogen-bond donors (Lipinski definition) is 3. The quantitative estimate of drug-likeness (QED) is 0.716. The molecule has 0 unspecified atom stereocenters. The van der Waals surface area contributed by atoms with E-state index in [2.05, 4.69) is 10.6 Å². The number of aliphatic carboxylic acids is 1. The molecule has 0 radical (unpaired) electrons. The summed E-state index contributed by atoms with van der Waals surface area (Å²) in [7, 11) is 0. The van der Waals surface area contributed by atoms with Crippen LogP contribution in [-0.2, 0) is 9.59 Å². The SMILES string of the molecule is CC(C)(CC(=O)Nc1ccc2c(c1)C(=O)NC2=O)C(=O)O. The lowest BCUT2D eigenvalue weighted by atomic mass is 9.89. The fourth-order valence-electron chi connectivity index (χ4n) is 1.93. The second-order valence-electron chi connectivity index (χ2n) is 5.46. The van der Waals surface area contributed by atoms with Gasteiger partial charge in [0.25, 0.3) is 11.8 Å². The van der Waals surface area contributed by atoms with Crippen LogP contribution < -0.4 is 10.6 Å². The maximum Gasteiger partial charge on any atom is 0.309 e. The molecule has 0 fully saturated rings. The lowest BCUT2D eigenvalue weighted by Crippen LogP contribution is -2.29. The third-order valence-electron chi connectivity index (χ3n) is 3.20. The second-order valence-corrected chi connectivity index (χ2v) is 5.46. The molecule has 1 aromatic carbocycles. The molecule has 0 atom stereocenters. The van der Waals surface area contributed by atoms with Crippen LogP contribution in [0.5, 0.6) is 0 Å². The summed E-state index contributed by atoms with van der Waals surface area (Å²) in [6.07, 6.45) is -0.204. The van der Waals surface area contributed by atoms with Crippen molar-refractivity contribution in [3.05, 3.63) is 29.3 Å². The molecule has 2 rings (SSSR count). The summed E-state index contributed by atoms with van der Waals surface area (Å²) in [5.74, 6) is -2.54. The van der Waals surface area contributed by atoms with Gasteiger partial charge in [-0.05, 0) is 32.0 Å². The number of carbonyl (C=O) groups is 4. The third-order valence-corrected chi connectivity index (χ3v) is 3.20. The molecule has 0 saturated carbocycles. The van der Waals surface area contributed by atoms with E-state index in [0.29, 0.717) is 5.69 Å². The van der Waals surface area contributed by atoms with Crippen molar-refractivity contribution in [1.82, 2.24) is 5.32 Å². The van der Waals surface area contributed by atoms with E-state index in [1.54, 1.807) is 0 Å². The van der Waals surface area contributed by atoms with Crippen molar-refractivity contribution >= 4 is 29.4 Å². The maximum atomic E-state index is 11.8. The van der Waals surface area contributed by atoms with Crippen LogP contribution in [0.25, 0.3) is 0 Å². The summed E-state index contributed by atoms with van der Waals surface area (Å²) >= 11 is 0. The summed E-state index contributed by atoms with van der Waals surface area (Å²) in [5.41, 5.74) is -0.405. The molecule has 1 heterocycles. The van der Waals surface area contributed by atoms with Gasteiger partial charge in [-0.15, -0.1) is 0 Å². The first-order chi connectivity index (χ1) is 9.70. The van der Waals surface area contributed by atoms with E-state index in [1.165, 1.54) is 32.0 Å². The Balaban J connectivity index is 2.13. The number of rotatable bonds is 4. The Morgan fingerprint density at radius 3 is 2.43 bits per heavy atom. The molecule has 1 aliphatic rings. The van der Waals surface area contributed by atoms with Gasteiger partial charge in [0.1, 0.15) is 0 Å². The first kappa shape index (κ1) is 14.7. The van der Waals surface area contributed by atoms with Crippen LogP contribution in [0.1, 0.15) is 41.0 Å². The number of fused-ring (bicyclic) bond motifs is 1. The van der Waals surface area contributed by atoms with Crippen LogP contribution >= 0.6 is 0 Å². The zero-order valence-corrected chi connectivity index (χ0v) is 11.5. The van der Waals surface area contributed by atoms with E-state index in [-0.39, 0.29) is 17.5 Å². The molecule has 3 amide bonds. The summed E-state index contributed by atoms with van der Waals surface area (Å²) in [6.45, 7) is 2.90. The van der Waals surface area contributed by atoms with Crippen molar-refractivity contribution in [3.63, 3.8) is 0 Å². The number of anilines is 1. The van der Waals surface area contributed by atoms with Crippen molar-refractivity contribution in [3.8, 4) is 0 Å². The fraction of sp³-hybridized carbons (Fsp3) is 0.286. The van der Waals surface area contributed by atoms with Crippen LogP contribution in [0, 0.1) is 5.41 Å². The molecule has 0 aromatic heterocycles. The summed E-state index contributed by atoms with van der Waals surface area (Å²) in [4.78, 5) is 45.7. The highest BCUT2D eigenvalue weighted by atomic mass is 16.4. The number of benzene rings is 1. The fourth-order valence-corrected chi connectivity index (χ4v) is 1.93. The molecule has 7 nitrogen and oxygen atoms in total. The van der Waals surface area contributed by atoms with Crippen molar-refractivity contribution in [2.75, 3.05) is 5.32 Å². The van der Waals surface area contributed by atoms with Gasteiger partial charge in [0.15, 0.2) is 0 Å². The molecule has 7 heteroatoms. The van der Waals surface area contributed by atoms with Gasteiger partial charge in [-0.3, -0.25) is 24.5 Å². The van der Waals surface area contributed by atoms with Gasteiger partial charge in [-0.25, -0.2) is 0 Å². The predicted molar refractivity (Wildman–Crippen MR) is 72.9 cm³/mol. The number of carboxylic acid groups (broad SMARTS) is 1. The average Bonchev–Trinajstić information content (AvgIpc) is 2.63.